The summed E-state index contributed by atoms with van der Waals surface area (Å²) in [5.74, 6) is -0.400. The van der Waals surface area contributed by atoms with Crippen LogP contribution in [-0.2, 0) is 0 Å². The van der Waals surface area contributed by atoms with Gasteiger partial charge in [-0.3, -0.25) is 4.79 Å². The number of nitrogens with zero attached hydrogens (tertiary/aromatic N) is 3. The summed E-state index contributed by atoms with van der Waals surface area (Å²) in [5, 5.41) is 4.02. The number of hydrogen-bond donors (Lipinski definition) is 1. The van der Waals surface area contributed by atoms with Gasteiger partial charge in [0.1, 0.15) is 0 Å². The number of hydrogen-bond acceptors (Lipinski definition) is 4. The summed E-state index contributed by atoms with van der Waals surface area (Å²) in [4.78, 5) is 21.6. The molecular formula is C24H18N4O. The van der Waals surface area contributed by atoms with Crippen LogP contribution in [0.3, 0.4) is 0 Å². The SMILES string of the molecule is O=C(N/N=C\c1ccccc1)c1nc(-c2ccccc2)cc(-c2ccccc2)n1. The van der Waals surface area contributed by atoms with Crippen molar-refractivity contribution in [2.24, 2.45) is 5.10 Å². The highest BCUT2D eigenvalue weighted by molar-refractivity contribution is 5.92. The van der Waals surface area contributed by atoms with Crippen LogP contribution >= 0.6 is 0 Å². The lowest BCUT2D eigenvalue weighted by atomic mass is 10.1. The topological polar surface area (TPSA) is 67.2 Å². The number of carbonyl (C=O) groups excluding carboxylic acids is 1. The number of nitrogens with one attached hydrogen (secondary N) is 1. The third-order valence-corrected chi connectivity index (χ3v) is 4.25. The van der Waals surface area contributed by atoms with E-state index >= 15 is 0 Å². The van der Waals surface area contributed by atoms with Crippen LogP contribution in [0.5, 0.6) is 0 Å². The molecule has 0 spiro atoms. The van der Waals surface area contributed by atoms with Crippen molar-refractivity contribution < 1.29 is 4.79 Å². The first-order valence-electron chi connectivity index (χ1n) is 9.18. The van der Waals surface area contributed by atoms with Gasteiger partial charge in [0.05, 0.1) is 17.6 Å². The molecule has 0 bridgehead atoms. The van der Waals surface area contributed by atoms with Gasteiger partial charge in [-0.1, -0.05) is 91.0 Å². The summed E-state index contributed by atoms with van der Waals surface area (Å²) in [7, 11) is 0. The highest BCUT2D eigenvalue weighted by Crippen LogP contribution is 2.23. The lowest BCUT2D eigenvalue weighted by Gasteiger charge is -2.08. The fourth-order valence-corrected chi connectivity index (χ4v) is 2.82. The fraction of sp³-hybridized carbons (Fsp3) is 0. The average Bonchev–Trinajstić information content (AvgIpc) is 2.80. The van der Waals surface area contributed by atoms with Crippen molar-refractivity contribution in [3.05, 3.63) is 108 Å². The number of aromatic nitrogens is 2. The third-order valence-electron chi connectivity index (χ3n) is 4.25. The summed E-state index contributed by atoms with van der Waals surface area (Å²) in [6.45, 7) is 0. The monoisotopic (exact) mass is 378 g/mol. The molecule has 0 atom stereocenters. The molecule has 1 aromatic heterocycles. The minimum atomic E-state index is -0.466. The van der Waals surface area contributed by atoms with Gasteiger partial charge in [-0.05, 0) is 11.6 Å². The smallest absolute Gasteiger partial charge is 0.264 e. The number of carbonyl (C=O) groups is 1. The highest BCUT2D eigenvalue weighted by atomic mass is 16.2. The molecule has 0 fully saturated rings. The van der Waals surface area contributed by atoms with E-state index in [9.17, 15) is 4.79 Å². The molecule has 0 unspecified atom stereocenters. The standard InChI is InChI=1S/C24H18N4O/c29-24(28-25-17-18-10-4-1-5-11-18)23-26-21(19-12-6-2-7-13-19)16-22(27-23)20-14-8-3-9-15-20/h1-17H,(H,28,29)/b25-17-. The molecule has 140 valence electrons. The van der Waals surface area contributed by atoms with E-state index in [4.69, 9.17) is 0 Å². The van der Waals surface area contributed by atoms with Crippen LogP contribution in [0.25, 0.3) is 22.5 Å². The van der Waals surface area contributed by atoms with Crippen molar-refractivity contribution in [2.45, 2.75) is 0 Å². The van der Waals surface area contributed by atoms with Crippen LogP contribution in [0.2, 0.25) is 0 Å². The molecule has 0 aliphatic rings. The second-order valence-corrected chi connectivity index (χ2v) is 6.30. The molecule has 4 rings (SSSR count). The molecule has 5 heteroatoms. The lowest BCUT2D eigenvalue weighted by molar-refractivity contribution is 0.0945. The number of hydrazone groups is 1. The van der Waals surface area contributed by atoms with Crippen LogP contribution in [0.1, 0.15) is 16.2 Å². The number of amides is 1. The van der Waals surface area contributed by atoms with Crippen LogP contribution in [0.4, 0.5) is 0 Å². The quantitative estimate of drug-likeness (QED) is 0.408. The predicted octanol–water partition coefficient (Wildman–Crippen LogP) is 4.57. The third kappa shape index (κ3) is 4.59. The maximum atomic E-state index is 12.7. The Morgan fingerprint density at radius 3 is 1.72 bits per heavy atom. The van der Waals surface area contributed by atoms with Gasteiger partial charge in [0.2, 0.25) is 5.82 Å². The Kier molecular flexibility index (Phi) is 5.48. The molecular weight excluding hydrogens is 360 g/mol. The number of rotatable bonds is 5. The van der Waals surface area contributed by atoms with E-state index < -0.39 is 5.91 Å². The zero-order valence-corrected chi connectivity index (χ0v) is 15.6. The van der Waals surface area contributed by atoms with E-state index in [0.29, 0.717) is 11.4 Å². The molecule has 0 aliphatic carbocycles. The van der Waals surface area contributed by atoms with E-state index in [1.165, 1.54) is 0 Å². The van der Waals surface area contributed by atoms with E-state index in [1.807, 2.05) is 97.1 Å². The maximum Gasteiger partial charge on any atom is 0.309 e. The Hall–Kier alpha value is -4.12. The van der Waals surface area contributed by atoms with Crippen molar-refractivity contribution in [3.63, 3.8) is 0 Å². The maximum absolute atomic E-state index is 12.7. The Morgan fingerprint density at radius 2 is 1.21 bits per heavy atom. The fourth-order valence-electron chi connectivity index (χ4n) is 2.82. The first kappa shape index (κ1) is 18.3. The van der Waals surface area contributed by atoms with E-state index in [1.54, 1.807) is 6.21 Å². The number of benzene rings is 3. The van der Waals surface area contributed by atoms with Crippen LogP contribution < -0.4 is 5.43 Å². The average molecular weight is 378 g/mol. The van der Waals surface area contributed by atoms with Gasteiger partial charge in [0.25, 0.3) is 0 Å². The van der Waals surface area contributed by atoms with E-state index in [-0.39, 0.29) is 5.82 Å². The van der Waals surface area contributed by atoms with Crippen LogP contribution in [0.15, 0.2) is 102 Å². The highest BCUT2D eigenvalue weighted by Gasteiger charge is 2.14. The van der Waals surface area contributed by atoms with Crippen molar-refractivity contribution >= 4 is 12.1 Å². The summed E-state index contributed by atoms with van der Waals surface area (Å²) < 4.78 is 0. The van der Waals surface area contributed by atoms with Gasteiger partial charge in [0.15, 0.2) is 0 Å². The molecule has 1 N–H and O–H groups in total. The van der Waals surface area contributed by atoms with Gasteiger partial charge >= 0.3 is 5.91 Å². The Bertz CT molecular complexity index is 1070. The predicted molar refractivity (Wildman–Crippen MR) is 114 cm³/mol. The molecule has 1 amide bonds. The van der Waals surface area contributed by atoms with Gasteiger partial charge in [-0.2, -0.15) is 5.10 Å². The summed E-state index contributed by atoms with van der Waals surface area (Å²) in [6, 6.07) is 30.8. The molecule has 0 radical (unpaired) electrons. The molecule has 1 heterocycles. The lowest BCUT2D eigenvalue weighted by Crippen LogP contribution is -2.21. The summed E-state index contributed by atoms with van der Waals surface area (Å²) >= 11 is 0. The minimum Gasteiger partial charge on any atom is -0.264 e. The van der Waals surface area contributed by atoms with Gasteiger partial charge in [0, 0.05) is 11.1 Å². The van der Waals surface area contributed by atoms with E-state index in [0.717, 1.165) is 16.7 Å². The Labute approximate surface area is 168 Å². The molecule has 3 aromatic carbocycles. The largest absolute Gasteiger partial charge is 0.309 e. The van der Waals surface area contributed by atoms with Crippen molar-refractivity contribution in [1.29, 1.82) is 0 Å². The van der Waals surface area contributed by atoms with Crippen LogP contribution in [0, 0.1) is 0 Å². The van der Waals surface area contributed by atoms with Gasteiger partial charge in [-0.15, -0.1) is 0 Å². The second kappa shape index (κ2) is 8.71. The minimum absolute atomic E-state index is 0.0652. The first-order valence-corrected chi connectivity index (χ1v) is 9.18. The van der Waals surface area contributed by atoms with Crippen molar-refractivity contribution in [2.75, 3.05) is 0 Å². The van der Waals surface area contributed by atoms with Crippen LogP contribution in [-0.4, -0.2) is 22.1 Å². The Balaban J connectivity index is 1.66. The Morgan fingerprint density at radius 1 is 0.724 bits per heavy atom. The zero-order chi connectivity index (χ0) is 19.9. The normalized spacial score (nSPS) is 10.8. The summed E-state index contributed by atoms with van der Waals surface area (Å²) in [6.07, 6.45) is 1.58. The summed E-state index contributed by atoms with van der Waals surface area (Å²) in [5.41, 5.74) is 6.57. The molecule has 0 saturated heterocycles. The molecule has 4 aromatic rings. The molecule has 29 heavy (non-hydrogen) atoms. The molecule has 0 aliphatic heterocycles. The first-order chi connectivity index (χ1) is 14.3. The van der Waals surface area contributed by atoms with E-state index in [2.05, 4.69) is 20.5 Å². The van der Waals surface area contributed by atoms with Crippen molar-refractivity contribution in [1.82, 2.24) is 15.4 Å². The second-order valence-electron chi connectivity index (χ2n) is 6.30. The molecule has 5 nitrogen and oxygen atoms in total. The zero-order valence-electron chi connectivity index (χ0n) is 15.6. The van der Waals surface area contributed by atoms with Crippen molar-refractivity contribution in [3.8, 4) is 22.5 Å². The van der Waals surface area contributed by atoms with Gasteiger partial charge in [-0.25, -0.2) is 15.4 Å². The van der Waals surface area contributed by atoms with Gasteiger partial charge < -0.3 is 0 Å². The molecule has 0 saturated carbocycles.